The van der Waals surface area contributed by atoms with Crippen LogP contribution in [0.5, 0.6) is 0 Å². The van der Waals surface area contributed by atoms with Crippen molar-refractivity contribution in [3.05, 3.63) is 35.4 Å². The van der Waals surface area contributed by atoms with E-state index in [1.165, 1.54) is 0 Å². The van der Waals surface area contributed by atoms with Gasteiger partial charge in [-0.2, -0.15) is 0 Å². The van der Waals surface area contributed by atoms with Crippen molar-refractivity contribution < 1.29 is 14.7 Å². The number of piperidine rings is 1. The highest BCUT2D eigenvalue weighted by Crippen LogP contribution is 2.22. The first-order valence-corrected chi connectivity index (χ1v) is 7.05. The summed E-state index contributed by atoms with van der Waals surface area (Å²) in [6.45, 7) is 4.42. The number of carbonyl (C=O) groups is 2. The van der Waals surface area contributed by atoms with Gasteiger partial charge in [0.2, 0.25) is 5.78 Å². The van der Waals surface area contributed by atoms with Crippen LogP contribution in [-0.2, 0) is 4.79 Å². The van der Waals surface area contributed by atoms with Crippen molar-refractivity contribution >= 4 is 11.7 Å². The van der Waals surface area contributed by atoms with Gasteiger partial charge in [-0.25, -0.2) is 0 Å². The van der Waals surface area contributed by atoms with Gasteiger partial charge in [-0.15, -0.1) is 0 Å². The van der Waals surface area contributed by atoms with Gasteiger partial charge in [-0.1, -0.05) is 29.8 Å². The molecule has 0 aromatic heterocycles. The summed E-state index contributed by atoms with van der Waals surface area (Å²) in [5, 5.41) is 9.24. The van der Waals surface area contributed by atoms with E-state index in [4.69, 9.17) is 0 Å². The summed E-state index contributed by atoms with van der Waals surface area (Å²) in [4.78, 5) is 26.2. The van der Waals surface area contributed by atoms with Gasteiger partial charge in [0, 0.05) is 24.8 Å². The van der Waals surface area contributed by atoms with E-state index in [0.717, 1.165) is 18.4 Å². The minimum atomic E-state index is -0.463. The van der Waals surface area contributed by atoms with Gasteiger partial charge in [0.15, 0.2) is 0 Å². The van der Waals surface area contributed by atoms with E-state index < -0.39 is 11.7 Å². The maximum atomic E-state index is 12.4. The second kappa shape index (κ2) is 6.18. The number of benzene rings is 1. The van der Waals surface area contributed by atoms with E-state index in [9.17, 15) is 14.7 Å². The first-order chi connectivity index (χ1) is 9.52. The van der Waals surface area contributed by atoms with Crippen LogP contribution >= 0.6 is 0 Å². The van der Waals surface area contributed by atoms with E-state index in [1.54, 1.807) is 17.0 Å². The van der Waals surface area contributed by atoms with Crippen LogP contribution in [0.25, 0.3) is 0 Å². The summed E-state index contributed by atoms with van der Waals surface area (Å²) < 4.78 is 0. The van der Waals surface area contributed by atoms with Crippen molar-refractivity contribution in [3.8, 4) is 0 Å². The molecule has 108 valence electrons. The maximum absolute atomic E-state index is 12.4. The fourth-order valence-electron chi connectivity index (χ4n) is 2.57. The smallest absolute Gasteiger partial charge is 0.295 e. The monoisotopic (exact) mass is 275 g/mol. The third-order valence-corrected chi connectivity index (χ3v) is 4.01. The zero-order valence-electron chi connectivity index (χ0n) is 12.0. The molecule has 1 aliphatic rings. The molecule has 0 spiro atoms. The molecule has 1 aromatic carbocycles. The Morgan fingerprint density at radius 1 is 1.25 bits per heavy atom. The molecule has 2 atom stereocenters. The van der Waals surface area contributed by atoms with Crippen molar-refractivity contribution in [3.63, 3.8) is 0 Å². The molecular weight excluding hydrogens is 254 g/mol. The molecule has 2 rings (SSSR count). The summed E-state index contributed by atoms with van der Waals surface area (Å²) in [7, 11) is 0. The molecule has 0 aliphatic carbocycles. The molecule has 0 bridgehead atoms. The molecule has 1 saturated heterocycles. The Bertz CT molecular complexity index is 495. The van der Waals surface area contributed by atoms with Crippen LogP contribution in [0.3, 0.4) is 0 Å². The van der Waals surface area contributed by atoms with Crippen molar-refractivity contribution in [2.24, 2.45) is 5.92 Å². The van der Waals surface area contributed by atoms with E-state index in [0.29, 0.717) is 12.1 Å². The summed E-state index contributed by atoms with van der Waals surface area (Å²) in [6.07, 6.45) is 1.73. The Morgan fingerprint density at radius 2 is 1.90 bits per heavy atom. The van der Waals surface area contributed by atoms with Crippen LogP contribution in [0.1, 0.15) is 35.7 Å². The Balaban J connectivity index is 2.13. The van der Waals surface area contributed by atoms with E-state index >= 15 is 0 Å². The molecular formula is C16H21NO3. The molecule has 2 unspecified atom stereocenters. The van der Waals surface area contributed by atoms with Crippen LogP contribution in [0.4, 0.5) is 0 Å². The summed E-state index contributed by atoms with van der Waals surface area (Å²) in [5.74, 6) is -0.837. The van der Waals surface area contributed by atoms with Gasteiger partial charge in [-0.05, 0) is 32.6 Å². The molecule has 1 heterocycles. The average molecular weight is 275 g/mol. The molecule has 0 saturated carbocycles. The number of aliphatic hydroxyl groups excluding tert-OH is 1. The Kier molecular flexibility index (Phi) is 4.55. The lowest BCUT2D eigenvalue weighted by Gasteiger charge is -2.37. The summed E-state index contributed by atoms with van der Waals surface area (Å²) in [5.41, 5.74) is 1.49. The van der Waals surface area contributed by atoms with Crippen LogP contribution in [0.15, 0.2) is 24.3 Å². The summed E-state index contributed by atoms with van der Waals surface area (Å²) >= 11 is 0. The number of likely N-dealkylation sites (tertiary alicyclic amines) is 1. The predicted molar refractivity (Wildman–Crippen MR) is 76.5 cm³/mol. The fourth-order valence-corrected chi connectivity index (χ4v) is 2.57. The van der Waals surface area contributed by atoms with E-state index in [-0.39, 0.29) is 18.6 Å². The first kappa shape index (κ1) is 14.7. The number of amides is 1. The molecule has 4 nitrogen and oxygen atoms in total. The Morgan fingerprint density at radius 3 is 2.50 bits per heavy atom. The van der Waals surface area contributed by atoms with Gasteiger partial charge < -0.3 is 10.0 Å². The molecule has 0 radical (unpaired) electrons. The van der Waals surface area contributed by atoms with Crippen LogP contribution in [-0.4, -0.2) is 40.9 Å². The van der Waals surface area contributed by atoms with E-state index in [1.807, 2.05) is 26.0 Å². The van der Waals surface area contributed by atoms with Crippen LogP contribution in [0.2, 0.25) is 0 Å². The summed E-state index contributed by atoms with van der Waals surface area (Å²) in [6, 6.07) is 7.09. The molecule has 4 heteroatoms. The topological polar surface area (TPSA) is 57.6 Å². The predicted octanol–water partition coefficient (Wildman–Crippen LogP) is 1.80. The maximum Gasteiger partial charge on any atom is 0.295 e. The normalized spacial score (nSPS) is 22.6. The zero-order valence-corrected chi connectivity index (χ0v) is 12.0. The zero-order chi connectivity index (χ0) is 14.7. The van der Waals surface area contributed by atoms with Crippen molar-refractivity contribution in [1.29, 1.82) is 0 Å². The van der Waals surface area contributed by atoms with E-state index in [2.05, 4.69) is 0 Å². The fraction of sp³-hybridized carbons (Fsp3) is 0.500. The van der Waals surface area contributed by atoms with Crippen LogP contribution in [0, 0.1) is 12.8 Å². The highest BCUT2D eigenvalue weighted by Gasteiger charge is 2.32. The van der Waals surface area contributed by atoms with Crippen molar-refractivity contribution in [2.75, 3.05) is 13.2 Å². The highest BCUT2D eigenvalue weighted by molar-refractivity contribution is 6.42. The quantitative estimate of drug-likeness (QED) is 0.676. The van der Waals surface area contributed by atoms with Gasteiger partial charge >= 0.3 is 0 Å². The molecule has 1 aromatic rings. The number of nitrogens with zero attached hydrogens (tertiary/aromatic N) is 1. The Hall–Kier alpha value is -1.68. The first-order valence-electron chi connectivity index (χ1n) is 7.05. The largest absolute Gasteiger partial charge is 0.396 e. The second-order valence-corrected chi connectivity index (χ2v) is 5.63. The molecule has 1 fully saturated rings. The standard InChI is InChI=1S/C16H21NO3/c1-11-3-7-14(8-4-11)15(19)16(20)17-9-13(10-18)6-5-12(17)2/h3-4,7-8,12-13,18H,5-6,9-10H2,1-2H3. The SMILES string of the molecule is Cc1ccc(C(=O)C(=O)N2CC(CO)CCC2C)cc1. The molecule has 1 aliphatic heterocycles. The number of hydrogen-bond acceptors (Lipinski definition) is 3. The highest BCUT2D eigenvalue weighted by atomic mass is 16.3. The lowest BCUT2D eigenvalue weighted by Crippen LogP contribution is -2.48. The minimum Gasteiger partial charge on any atom is -0.396 e. The number of ketones is 1. The Labute approximate surface area is 119 Å². The lowest BCUT2D eigenvalue weighted by atomic mass is 9.93. The number of hydrogen-bond donors (Lipinski definition) is 1. The average Bonchev–Trinajstić information content (AvgIpc) is 2.47. The van der Waals surface area contributed by atoms with Gasteiger partial charge in [-0.3, -0.25) is 9.59 Å². The molecule has 1 amide bonds. The van der Waals surface area contributed by atoms with Gasteiger partial charge in [0.1, 0.15) is 0 Å². The van der Waals surface area contributed by atoms with Crippen molar-refractivity contribution in [2.45, 2.75) is 32.7 Å². The minimum absolute atomic E-state index is 0.0553. The third-order valence-electron chi connectivity index (χ3n) is 4.01. The van der Waals surface area contributed by atoms with Gasteiger partial charge in [0.25, 0.3) is 5.91 Å². The van der Waals surface area contributed by atoms with Crippen LogP contribution < -0.4 is 0 Å². The lowest BCUT2D eigenvalue weighted by molar-refractivity contribution is -0.131. The van der Waals surface area contributed by atoms with Crippen molar-refractivity contribution in [1.82, 2.24) is 4.90 Å². The molecule has 20 heavy (non-hydrogen) atoms. The third kappa shape index (κ3) is 3.07. The molecule has 1 N–H and O–H groups in total. The second-order valence-electron chi connectivity index (χ2n) is 5.63. The number of Topliss-reactive ketones (excluding diaryl/α,β-unsaturated/α-hetero) is 1. The number of aryl methyl sites for hydroxylation is 1. The number of aliphatic hydroxyl groups is 1. The number of rotatable bonds is 3. The van der Waals surface area contributed by atoms with Gasteiger partial charge in [0.05, 0.1) is 0 Å². The number of carbonyl (C=O) groups excluding carboxylic acids is 2.